The van der Waals surface area contributed by atoms with Gasteiger partial charge in [0.25, 0.3) is 0 Å². The molecule has 0 aliphatic carbocycles. The smallest absolute Gasteiger partial charge is 0.332 e. The van der Waals surface area contributed by atoms with Gasteiger partial charge in [0.05, 0.1) is 25.4 Å². The summed E-state index contributed by atoms with van der Waals surface area (Å²) in [5, 5.41) is 17.4. The number of carbonyl (C=O) groups is 2. The summed E-state index contributed by atoms with van der Waals surface area (Å²) in [6, 6.07) is 4.15. The minimum Gasteiger partial charge on any atom is -0.465 e. The maximum Gasteiger partial charge on any atom is 0.332 e. The molecular formula is C20H31BrN2O4S4. The quantitative estimate of drug-likeness (QED) is 0.201. The van der Waals surface area contributed by atoms with Crippen LogP contribution < -0.4 is 0 Å². The van der Waals surface area contributed by atoms with E-state index in [1.54, 1.807) is 47.0 Å². The molecule has 2 heterocycles. The summed E-state index contributed by atoms with van der Waals surface area (Å²) >= 11 is 9.89. The number of unbranched alkanes of at least 4 members (excludes halogenated alkanes) is 2. The van der Waals surface area contributed by atoms with Crippen LogP contribution in [0.1, 0.15) is 46.0 Å². The van der Waals surface area contributed by atoms with E-state index in [4.69, 9.17) is 20.0 Å². The van der Waals surface area contributed by atoms with E-state index >= 15 is 0 Å². The summed E-state index contributed by atoms with van der Waals surface area (Å²) in [7, 11) is 0. The first-order valence-corrected chi connectivity index (χ1v) is 15.3. The number of alkyl halides is 1. The standard InChI is InChI=1S/C10H15NO2S2.C6H10O2S2.C4H6BrN/c1-2-13-9(12)10(5-3-4-6-11)14-7-8-15-10;1-2-8-5(7)6-9-3-4-10-6;5-3-1-2-4-6/h2-5,7-8H2,1H3;6H,2-4H2,1H3;1-3H2. The molecule has 0 unspecified atom stereocenters. The van der Waals surface area contributed by atoms with Crippen LogP contribution in [0, 0.1) is 22.7 Å². The first-order chi connectivity index (χ1) is 15.0. The molecule has 2 fully saturated rings. The second kappa shape index (κ2) is 20.4. The molecule has 0 amide bonds. The predicted molar refractivity (Wildman–Crippen MR) is 138 cm³/mol. The second-order valence-electron chi connectivity index (χ2n) is 5.96. The largest absolute Gasteiger partial charge is 0.465 e. The Kier molecular flexibility index (Phi) is 20.3. The van der Waals surface area contributed by atoms with Crippen LogP contribution in [0.2, 0.25) is 0 Å². The van der Waals surface area contributed by atoms with Crippen molar-refractivity contribution in [3.05, 3.63) is 0 Å². The van der Waals surface area contributed by atoms with E-state index in [-0.39, 0.29) is 16.5 Å². The molecule has 2 saturated heterocycles. The van der Waals surface area contributed by atoms with E-state index in [1.165, 1.54) is 0 Å². The fraction of sp³-hybridized carbons (Fsp3) is 0.800. The Labute approximate surface area is 211 Å². The Bertz CT molecular complexity index is 587. The Morgan fingerprint density at radius 2 is 1.52 bits per heavy atom. The Morgan fingerprint density at radius 3 is 1.97 bits per heavy atom. The van der Waals surface area contributed by atoms with Crippen LogP contribution in [0.4, 0.5) is 0 Å². The van der Waals surface area contributed by atoms with Crippen LogP contribution in [0.25, 0.3) is 0 Å². The van der Waals surface area contributed by atoms with Gasteiger partial charge in [0, 0.05) is 41.2 Å². The average Bonchev–Trinajstić information content (AvgIpc) is 3.47. The molecule has 0 aromatic heterocycles. The van der Waals surface area contributed by atoms with Crippen LogP contribution in [-0.2, 0) is 19.1 Å². The summed E-state index contributed by atoms with van der Waals surface area (Å²) in [5.41, 5.74) is 0. The van der Waals surface area contributed by atoms with Gasteiger partial charge in [-0.1, -0.05) is 15.9 Å². The monoisotopic (exact) mass is 570 g/mol. The molecular weight excluding hydrogens is 540 g/mol. The topological polar surface area (TPSA) is 100 Å². The van der Waals surface area contributed by atoms with Crippen LogP contribution in [-0.4, -0.2) is 62.2 Å². The van der Waals surface area contributed by atoms with Crippen LogP contribution >= 0.6 is 63.0 Å². The molecule has 0 bridgehead atoms. The van der Waals surface area contributed by atoms with Gasteiger partial charge in [-0.05, 0) is 33.1 Å². The number of nitrogens with zero attached hydrogens (tertiary/aromatic N) is 2. The van der Waals surface area contributed by atoms with Gasteiger partial charge in [-0.2, -0.15) is 10.5 Å². The van der Waals surface area contributed by atoms with Crippen LogP contribution in [0.5, 0.6) is 0 Å². The Balaban J connectivity index is 0.000000484. The van der Waals surface area contributed by atoms with Crippen LogP contribution in [0.15, 0.2) is 0 Å². The Hall–Kier alpha value is -0.200. The lowest BCUT2D eigenvalue weighted by Crippen LogP contribution is -2.31. The SMILES string of the molecule is CCOC(=O)C1(CCCC#N)SCCS1.CCOC(=O)C1SCCS1.N#CCCCBr. The number of rotatable bonds is 9. The molecule has 0 radical (unpaired) electrons. The molecule has 0 saturated carbocycles. The minimum atomic E-state index is -0.424. The third kappa shape index (κ3) is 13.8. The molecule has 2 aliphatic rings. The highest BCUT2D eigenvalue weighted by molar-refractivity contribution is 9.09. The lowest BCUT2D eigenvalue weighted by Gasteiger charge is -2.24. The first-order valence-electron chi connectivity index (χ1n) is 10.2. The average molecular weight is 572 g/mol. The van der Waals surface area contributed by atoms with Gasteiger partial charge >= 0.3 is 11.9 Å². The van der Waals surface area contributed by atoms with Crippen molar-refractivity contribution < 1.29 is 19.1 Å². The summed E-state index contributed by atoms with van der Waals surface area (Å²) in [6.45, 7) is 4.59. The molecule has 0 aromatic carbocycles. The zero-order valence-corrected chi connectivity index (χ0v) is 23.0. The summed E-state index contributed by atoms with van der Waals surface area (Å²) < 4.78 is 9.57. The lowest BCUT2D eigenvalue weighted by atomic mass is 10.2. The zero-order valence-electron chi connectivity index (χ0n) is 18.1. The van der Waals surface area contributed by atoms with Crippen molar-refractivity contribution in [3.63, 3.8) is 0 Å². The summed E-state index contributed by atoms with van der Waals surface area (Å²) in [6.07, 6.45) is 3.67. The number of hydrogen-bond acceptors (Lipinski definition) is 10. The highest BCUT2D eigenvalue weighted by Gasteiger charge is 2.43. The van der Waals surface area contributed by atoms with Gasteiger partial charge in [-0.15, -0.1) is 47.0 Å². The van der Waals surface area contributed by atoms with Gasteiger partial charge in [0.15, 0.2) is 4.08 Å². The van der Waals surface area contributed by atoms with Crippen molar-refractivity contribution in [3.8, 4) is 12.1 Å². The molecule has 0 spiro atoms. The summed E-state index contributed by atoms with van der Waals surface area (Å²) in [4.78, 5) is 22.8. The molecule has 11 heteroatoms. The number of ether oxygens (including phenoxy) is 2. The molecule has 0 atom stereocenters. The zero-order chi connectivity index (χ0) is 23.4. The third-order valence-electron chi connectivity index (χ3n) is 3.66. The number of carbonyl (C=O) groups excluding carboxylic acids is 2. The highest BCUT2D eigenvalue weighted by Crippen LogP contribution is 2.48. The predicted octanol–water partition coefficient (Wildman–Crippen LogP) is 5.46. The van der Waals surface area contributed by atoms with Gasteiger partial charge in [-0.25, -0.2) is 9.59 Å². The number of halogens is 1. The van der Waals surface area contributed by atoms with Gasteiger partial charge < -0.3 is 9.47 Å². The van der Waals surface area contributed by atoms with Gasteiger partial charge in [0.1, 0.15) is 4.58 Å². The molecule has 176 valence electrons. The van der Waals surface area contributed by atoms with E-state index in [9.17, 15) is 9.59 Å². The molecule has 2 rings (SSSR count). The summed E-state index contributed by atoms with van der Waals surface area (Å²) in [5.74, 6) is 3.97. The van der Waals surface area contributed by atoms with E-state index in [2.05, 4.69) is 22.0 Å². The maximum atomic E-state index is 11.8. The second-order valence-corrected chi connectivity index (χ2v) is 12.5. The molecule has 0 aromatic rings. The third-order valence-corrected chi connectivity index (χ3v) is 10.6. The van der Waals surface area contributed by atoms with Crippen molar-refractivity contribution in [1.82, 2.24) is 0 Å². The maximum absolute atomic E-state index is 11.8. The lowest BCUT2D eigenvalue weighted by molar-refractivity contribution is -0.143. The fourth-order valence-corrected chi connectivity index (χ4v) is 8.25. The van der Waals surface area contributed by atoms with Crippen molar-refractivity contribution in [2.45, 2.75) is 54.6 Å². The van der Waals surface area contributed by atoms with E-state index in [0.29, 0.717) is 26.1 Å². The molecule has 0 N–H and O–H groups in total. The van der Waals surface area contributed by atoms with Crippen molar-refractivity contribution in [2.24, 2.45) is 0 Å². The number of nitriles is 2. The highest BCUT2D eigenvalue weighted by atomic mass is 79.9. The normalized spacial score (nSPS) is 16.5. The van der Waals surface area contributed by atoms with Gasteiger partial charge in [0.2, 0.25) is 0 Å². The fourth-order valence-electron chi connectivity index (χ4n) is 2.31. The molecule has 31 heavy (non-hydrogen) atoms. The van der Waals surface area contributed by atoms with E-state index in [1.807, 2.05) is 19.9 Å². The van der Waals surface area contributed by atoms with Gasteiger partial charge in [-0.3, -0.25) is 0 Å². The van der Waals surface area contributed by atoms with Crippen LogP contribution in [0.3, 0.4) is 0 Å². The molecule has 6 nitrogen and oxygen atoms in total. The van der Waals surface area contributed by atoms with Crippen molar-refractivity contribution in [1.29, 1.82) is 10.5 Å². The first kappa shape index (κ1) is 30.8. The van der Waals surface area contributed by atoms with Crippen molar-refractivity contribution >= 4 is 74.9 Å². The number of thioether (sulfide) groups is 4. The number of esters is 2. The molecule has 2 aliphatic heterocycles. The van der Waals surface area contributed by atoms with Crippen molar-refractivity contribution in [2.75, 3.05) is 41.6 Å². The Morgan fingerprint density at radius 1 is 0.968 bits per heavy atom. The van der Waals surface area contributed by atoms with E-state index < -0.39 is 4.08 Å². The number of hydrogen-bond donors (Lipinski definition) is 0. The van der Waals surface area contributed by atoms with E-state index in [0.717, 1.165) is 47.6 Å². The minimum absolute atomic E-state index is 0.0555.